The average molecular weight is 1090 g/mol. The molecule has 0 radical (unpaired) electrons. The Bertz CT molecular complexity index is 1480. The van der Waals surface area contributed by atoms with Crippen LogP contribution in [0.5, 0.6) is 0 Å². The molecule has 0 rings (SSSR count). The molecule has 0 bridgehead atoms. The molecule has 450 valence electrons. The summed E-state index contributed by atoms with van der Waals surface area (Å²) in [6, 6.07) is 0. The molecule has 0 aromatic rings. The summed E-state index contributed by atoms with van der Waals surface area (Å²) >= 11 is 0. The van der Waals surface area contributed by atoms with E-state index in [1.54, 1.807) is 0 Å². The zero-order valence-electron chi connectivity index (χ0n) is 51.7. The van der Waals surface area contributed by atoms with E-state index in [1.807, 2.05) is 0 Å². The third-order valence-corrected chi connectivity index (χ3v) is 14.6. The number of rotatable bonds is 61. The lowest BCUT2D eigenvalue weighted by Crippen LogP contribution is -2.30. The van der Waals surface area contributed by atoms with Gasteiger partial charge in [-0.05, 0) is 116 Å². The van der Waals surface area contributed by atoms with Gasteiger partial charge in [-0.25, -0.2) is 0 Å². The van der Waals surface area contributed by atoms with Gasteiger partial charge in [0.15, 0.2) is 6.10 Å². The van der Waals surface area contributed by atoms with Gasteiger partial charge in [0.2, 0.25) is 0 Å². The highest BCUT2D eigenvalue weighted by Crippen LogP contribution is 2.17. The van der Waals surface area contributed by atoms with Crippen LogP contribution in [0.1, 0.15) is 335 Å². The zero-order chi connectivity index (χ0) is 56.4. The Labute approximate surface area is 484 Å². The van der Waals surface area contributed by atoms with Gasteiger partial charge < -0.3 is 14.2 Å². The summed E-state index contributed by atoms with van der Waals surface area (Å²) in [5.41, 5.74) is 0. The third kappa shape index (κ3) is 63.4. The number of unbranched alkanes of at least 4 members (excludes halogenated alkanes) is 36. The molecule has 0 heterocycles. The maximum atomic E-state index is 12.9. The van der Waals surface area contributed by atoms with Crippen LogP contribution in [0.15, 0.2) is 85.1 Å². The molecular weight excluding hydrogens is 961 g/mol. The molecule has 1 unspecified atom stereocenters. The minimum absolute atomic E-state index is 0.0867. The first-order valence-corrected chi connectivity index (χ1v) is 33.6. The zero-order valence-corrected chi connectivity index (χ0v) is 51.7. The molecule has 0 aliphatic rings. The predicted molar refractivity (Wildman–Crippen MR) is 339 cm³/mol. The molecule has 0 aromatic heterocycles. The molecule has 0 N–H and O–H groups in total. The highest BCUT2D eigenvalue weighted by molar-refractivity contribution is 5.71. The van der Waals surface area contributed by atoms with E-state index in [-0.39, 0.29) is 31.1 Å². The maximum Gasteiger partial charge on any atom is 0.306 e. The molecule has 0 aromatic carbocycles. The minimum atomic E-state index is -0.792. The van der Waals surface area contributed by atoms with Crippen LogP contribution >= 0.6 is 0 Å². The second-order valence-electron chi connectivity index (χ2n) is 22.3. The van der Waals surface area contributed by atoms with Crippen LogP contribution < -0.4 is 0 Å². The van der Waals surface area contributed by atoms with E-state index < -0.39 is 6.10 Å². The predicted octanol–water partition coefficient (Wildman–Crippen LogP) is 23.1. The molecule has 6 heteroatoms. The Kier molecular flexibility index (Phi) is 63.2. The maximum absolute atomic E-state index is 12.9. The molecule has 0 fully saturated rings. The van der Waals surface area contributed by atoms with Crippen LogP contribution in [0.4, 0.5) is 0 Å². The number of carbonyl (C=O) groups excluding carboxylic acids is 3. The summed E-state index contributed by atoms with van der Waals surface area (Å²) in [5, 5.41) is 0. The van der Waals surface area contributed by atoms with Crippen LogP contribution in [0.3, 0.4) is 0 Å². The van der Waals surface area contributed by atoms with Crippen LogP contribution in [-0.2, 0) is 28.6 Å². The number of ether oxygens (including phenoxy) is 3. The number of allylic oxidation sites excluding steroid dienone is 14. The van der Waals surface area contributed by atoms with E-state index in [1.165, 1.54) is 186 Å². The van der Waals surface area contributed by atoms with E-state index in [2.05, 4.69) is 106 Å². The summed E-state index contributed by atoms with van der Waals surface area (Å²) in [4.78, 5) is 38.3. The molecule has 0 amide bonds. The molecule has 6 nitrogen and oxygen atoms in total. The van der Waals surface area contributed by atoms with Gasteiger partial charge in [0.05, 0.1) is 0 Å². The lowest BCUT2D eigenvalue weighted by Gasteiger charge is -2.18. The van der Waals surface area contributed by atoms with Crippen molar-refractivity contribution in [1.29, 1.82) is 0 Å². The molecular formula is C72H126O6. The lowest BCUT2D eigenvalue weighted by molar-refractivity contribution is -0.167. The van der Waals surface area contributed by atoms with Gasteiger partial charge in [0.25, 0.3) is 0 Å². The fourth-order valence-electron chi connectivity index (χ4n) is 9.58. The number of hydrogen-bond donors (Lipinski definition) is 0. The van der Waals surface area contributed by atoms with E-state index in [0.29, 0.717) is 19.3 Å². The number of esters is 3. The molecule has 78 heavy (non-hydrogen) atoms. The first kappa shape index (κ1) is 74.6. The minimum Gasteiger partial charge on any atom is -0.462 e. The van der Waals surface area contributed by atoms with Crippen molar-refractivity contribution in [2.45, 2.75) is 341 Å². The van der Waals surface area contributed by atoms with Gasteiger partial charge in [-0.2, -0.15) is 0 Å². The Morgan fingerprint density at radius 1 is 0.269 bits per heavy atom. The van der Waals surface area contributed by atoms with E-state index >= 15 is 0 Å². The summed E-state index contributed by atoms with van der Waals surface area (Å²) in [6.45, 7) is 6.50. The Hall–Kier alpha value is -3.41. The van der Waals surface area contributed by atoms with E-state index in [9.17, 15) is 14.4 Å². The summed E-state index contributed by atoms with van der Waals surface area (Å²) < 4.78 is 16.9. The van der Waals surface area contributed by atoms with Crippen molar-refractivity contribution in [3.05, 3.63) is 85.1 Å². The van der Waals surface area contributed by atoms with E-state index in [0.717, 1.165) is 109 Å². The van der Waals surface area contributed by atoms with E-state index in [4.69, 9.17) is 14.2 Å². The van der Waals surface area contributed by atoms with Crippen LogP contribution in [0.2, 0.25) is 0 Å². The summed E-state index contributed by atoms with van der Waals surface area (Å²) in [6.07, 6.45) is 87.6. The highest BCUT2D eigenvalue weighted by Gasteiger charge is 2.19. The number of carbonyl (C=O) groups is 3. The highest BCUT2D eigenvalue weighted by atomic mass is 16.6. The Morgan fingerprint density at radius 2 is 0.500 bits per heavy atom. The van der Waals surface area contributed by atoms with Gasteiger partial charge in [-0.15, -0.1) is 0 Å². The monoisotopic (exact) mass is 1090 g/mol. The molecule has 0 spiro atoms. The van der Waals surface area contributed by atoms with Crippen molar-refractivity contribution in [3.8, 4) is 0 Å². The largest absolute Gasteiger partial charge is 0.462 e. The first-order valence-electron chi connectivity index (χ1n) is 33.6. The smallest absolute Gasteiger partial charge is 0.306 e. The van der Waals surface area contributed by atoms with Gasteiger partial charge in [0, 0.05) is 19.3 Å². The Balaban J connectivity index is 4.18. The Morgan fingerprint density at radius 3 is 0.821 bits per heavy atom. The standard InChI is InChI=1S/C72H126O6/c1-4-7-10-13-16-19-22-25-27-29-30-31-32-33-34-35-36-37-38-39-40-41-42-44-45-47-50-53-56-59-62-65-71(74)77-68-69(67-76-70(73)64-61-58-55-52-49-24-21-18-15-12-9-6-3)78-72(75)66-63-60-57-54-51-48-46-43-28-26-23-20-17-14-11-8-5-2/h8,11,17-18,20-22,25-26,28-30,46,48,69H,4-7,9-10,12-16,19,23-24,27,31-45,47,49-68H2,1-3H3/b11-8-,20-17-,21-18-,25-22-,28-26-,30-29-,48-46-. The first-order chi connectivity index (χ1) is 38.5. The average Bonchev–Trinajstić information content (AvgIpc) is 3.44. The summed E-state index contributed by atoms with van der Waals surface area (Å²) in [7, 11) is 0. The van der Waals surface area contributed by atoms with Crippen molar-refractivity contribution >= 4 is 17.9 Å². The molecule has 0 saturated heterocycles. The molecule has 0 aliphatic carbocycles. The second-order valence-corrected chi connectivity index (χ2v) is 22.3. The van der Waals surface area contributed by atoms with Crippen molar-refractivity contribution < 1.29 is 28.6 Å². The van der Waals surface area contributed by atoms with Gasteiger partial charge in [0.1, 0.15) is 13.2 Å². The topological polar surface area (TPSA) is 78.9 Å². The normalized spacial score (nSPS) is 12.6. The fraction of sp³-hybridized carbons (Fsp3) is 0.764. The van der Waals surface area contributed by atoms with Gasteiger partial charge in [-0.1, -0.05) is 286 Å². The van der Waals surface area contributed by atoms with Crippen molar-refractivity contribution in [3.63, 3.8) is 0 Å². The van der Waals surface area contributed by atoms with Crippen LogP contribution in [0, 0.1) is 0 Å². The van der Waals surface area contributed by atoms with Crippen molar-refractivity contribution in [2.24, 2.45) is 0 Å². The molecule has 1 atom stereocenters. The number of hydrogen-bond acceptors (Lipinski definition) is 6. The van der Waals surface area contributed by atoms with Crippen LogP contribution in [-0.4, -0.2) is 37.2 Å². The third-order valence-electron chi connectivity index (χ3n) is 14.6. The van der Waals surface area contributed by atoms with Gasteiger partial charge in [-0.3, -0.25) is 14.4 Å². The molecule has 0 aliphatic heterocycles. The second kappa shape index (κ2) is 66.1. The quantitative estimate of drug-likeness (QED) is 0.0261. The fourth-order valence-corrected chi connectivity index (χ4v) is 9.58. The van der Waals surface area contributed by atoms with Crippen molar-refractivity contribution in [1.82, 2.24) is 0 Å². The lowest BCUT2D eigenvalue weighted by atomic mass is 10.0. The van der Waals surface area contributed by atoms with Crippen LogP contribution in [0.25, 0.3) is 0 Å². The molecule has 0 saturated carbocycles. The van der Waals surface area contributed by atoms with Crippen molar-refractivity contribution in [2.75, 3.05) is 13.2 Å². The summed E-state index contributed by atoms with van der Waals surface area (Å²) in [5.74, 6) is -0.908. The van der Waals surface area contributed by atoms with Gasteiger partial charge >= 0.3 is 17.9 Å². The SMILES string of the molecule is CC/C=C\C/C=C\C/C=C\C/C=C\CCCCCCC(=O)OC(COC(=O)CCCCCCC/C=C\CCCCC)COC(=O)CCCCCCCCCCCCCCCCCCCCC/C=C\C/C=C\CCCCCCC.